The highest BCUT2D eigenvalue weighted by molar-refractivity contribution is 5.38. The first kappa shape index (κ1) is 16.0. The zero-order chi connectivity index (χ0) is 13.8. The molecule has 0 atom stereocenters. The van der Waals surface area contributed by atoms with Crippen LogP contribution in [0.15, 0.2) is 71.1 Å². The van der Waals surface area contributed by atoms with Crippen molar-refractivity contribution in [3.8, 4) is 0 Å². The monoisotopic (exact) mass is 242 g/mol. The average Bonchev–Trinajstić information content (AvgIpc) is 2.41. The van der Waals surface area contributed by atoms with Gasteiger partial charge in [-0.05, 0) is 32.1 Å². The molecule has 0 amide bonds. The maximum absolute atomic E-state index is 4.08. The number of nitrogens with zero attached hydrogens (tertiary/aromatic N) is 2. The minimum atomic E-state index is 0.638. The molecule has 96 valence electrons. The summed E-state index contributed by atoms with van der Waals surface area (Å²) in [7, 11) is 0. The van der Waals surface area contributed by atoms with Crippen molar-refractivity contribution < 1.29 is 0 Å². The Balaban J connectivity index is 0.00000137. The van der Waals surface area contributed by atoms with E-state index in [1.807, 2.05) is 76.3 Å². The summed E-state index contributed by atoms with van der Waals surface area (Å²) in [6.07, 6.45) is 7.57. The van der Waals surface area contributed by atoms with Gasteiger partial charge in [-0.25, -0.2) is 0 Å². The fourth-order valence-electron chi connectivity index (χ4n) is 1.04. The maximum Gasteiger partial charge on any atom is 0.0857 e. The lowest BCUT2D eigenvalue weighted by Gasteiger charge is -1.93. The third-order valence-electron chi connectivity index (χ3n) is 1.92. The minimum Gasteiger partial charge on any atom is -0.151 e. The minimum absolute atomic E-state index is 0.638. The molecule has 1 aromatic rings. The molecule has 0 spiro atoms. The van der Waals surface area contributed by atoms with Gasteiger partial charge in [-0.15, -0.1) is 0 Å². The first-order valence-corrected chi connectivity index (χ1v) is 6.19. The summed E-state index contributed by atoms with van der Waals surface area (Å²) in [4.78, 5) is 0. The highest BCUT2D eigenvalue weighted by Gasteiger charge is 1.88. The number of rotatable bonds is 4. The van der Waals surface area contributed by atoms with Crippen molar-refractivity contribution in [3.63, 3.8) is 0 Å². The van der Waals surface area contributed by atoms with Crippen molar-refractivity contribution in [1.29, 1.82) is 0 Å². The lowest BCUT2D eigenvalue weighted by atomic mass is 10.2. The number of benzene rings is 1. The first-order chi connectivity index (χ1) is 8.72. The van der Waals surface area contributed by atoms with Crippen molar-refractivity contribution in [2.75, 3.05) is 0 Å². The molecule has 0 aliphatic heterocycles. The van der Waals surface area contributed by atoms with E-state index in [1.165, 1.54) is 5.56 Å². The van der Waals surface area contributed by atoms with Gasteiger partial charge in [0.25, 0.3) is 0 Å². The molecule has 0 fully saturated rings. The van der Waals surface area contributed by atoms with Gasteiger partial charge in [0.05, 0.1) is 11.4 Å². The Hall–Kier alpha value is -1.96. The molecule has 0 N–H and O–H groups in total. The molecule has 0 unspecified atom stereocenters. The predicted octanol–water partition coefficient (Wildman–Crippen LogP) is 5.75. The molecule has 0 bridgehead atoms. The quantitative estimate of drug-likeness (QED) is 0.474. The van der Waals surface area contributed by atoms with Crippen LogP contribution >= 0.6 is 0 Å². The molecule has 0 aliphatic rings. The topological polar surface area (TPSA) is 24.7 Å². The standard InChI is InChI=1S/C14H16N2.C2H6/c1-4-5-6-7-13(3)15-16-14-10-8-12(2)9-11-14;1-2/h4-11H,3H2,1-2H3;1-2H3/b5-4-,7-6-,16-15?;. The predicted molar refractivity (Wildman–Crippen MR) is 80.1 cm³/mol. The van der Waals surface area contributed by atoms with Gasteiger partial charge < -0.3 is 0 Å². The highest BCUT2D eigenvalue weighted by Crippen LogP contribution is 2.14. The molecule has 0 saturated carbocycles. The largest absolute Gasteiger partial charge is 0.151 e. The zero-order valence-corrected chi connectivity index (χ0v) is 11.7. The van der Waals surface area contributed by atoms with E-state index in [-0.39, 0.29) is 0 Å². The second-order valence-electron chi connectivity index (χ2n) is 3.41. The van der Waals surface area contributed by atoms with Crippen LogP contribution in [0.4, 0.5) is 5.69 Å². The van der Waals surface area contributed by atoms with E-state index >= 15 is 0 Å². The van der Waals surface area contributed by atoms with Crippen LogP contribution in [0.25, 0.3) is 0 Å². The Morgan fingerprint density at radius 1 is 1.11 bits per heavy atom. The lowest BCUT2D eigenvalue weighted by Crippen LogP contribution is -1.69. The fraction of sp³-hybridized carbons (Fsp3) is 0.250. The summed E-state index contributed by atoms with van der Waals surface area (Å²) < 4.78 is 0. The van der Waals surface area contributed by atoms with E-state index in [1.54, 1.807) is 0 Å². The summed E-state index contributed by atoms with van der Waals surface area (Å²) in [6, 6.07) is 7.88. The second kappa shape index (κ2) is 10.2. The second-order valence-corrected chi connectivity index (χ2v) is 3.41. The lowest BCUT2D eigenvalue weighted by molar-refractivity contribution is 1.18. The van der Waals surface area contributed by atoms with Gasteiger partial charge in [-0.2, -0.15) is 10.2 Å². The van der Waals surface area contributed by atoms with Crippen LogP contribution in [0.2, 0.25) is 0 Å². The number of allylic oxidation sites excluding steroid dienone is 4. The molecule has 18 heavy (non-hydrogen) atoms. The Labute approximate surface area is 110 Å². The molecular weight excluding hydrogens is 220 g/mol. The van der Waals surface area contributed by atoms with E-state index < -0.39 is 0 Å². The van der Waals surface area contributed by atoms with E-state index in [0.29, 0.717) is 5.70 Å². The van der Waals surface area contributed by atoms with Crippen LogP contribution in [0.5, 0.6) is 0 Å². The Morgan fingerprint density at radius 2 is 1.72 bits per heavy atom. The summed E-state index contributed by atoms with van der Waals surface area (Å²) in [5.74, 6) is 0. The zero-order valence-electron chi connectivity index (χ0n) is 11.7. The molecular formula is C16H22N2. The summed E-state index contributed by atoms with van der Waals surface area (Å²) >= 11 is 0. The van der Waals surface area contributed by atoms with Gasteiger partial charge in [-0.1, -0.05) is 56.4 Å². The van der Waals surface area contributed by atoms with Gasteiger partial charge in [0.2, 0.25) is 0 Å². The van der Waals surface area contributed by atoms with Gasteiger partial charge in [0, 0.05) is 0 Å². The van der Waals surface area contributed by atoms with Crippen LogP contribution in [0, 0.1) is 6.92 Å². The van der Waals surface area contributed by atoms with Gasteiger partial charge >= 0.3 is 0 Å². The molecule has 0 aliphatic carbocycles. The van der Waals surface area contributed by atoms with Crippen LogP contribution in [0.1, 0.15) is 26.3 Å². The van der Waals surface area contributed by atoms with Crippen molar-refractivity contribution in [1.82, 2.24) is 0 Å². The van der Waals surface area contributed by atoms with E-state index in [4.69, 9.17) is 0 Å². The average molecular weight is 242 g/mol. The van der Waals surface area contributed by atoms with Crippen LogP contribution in [0.3, 0.4) is 0 Å². The normalized spacial score (nSPS) is 10.9. The maximum atomic E-state index is 4.08. The Morgan fingerprint density at radius 3 is 2.28 bits per heavy atom. The number of hydrogen-bond acceptors (Lipinski definition) is 2. The number of azo groups is 1. The van der Waals surface area contributed by atoms with Crippen LogP contribution in [-0.4, -0.2) is 0 Å². The molecule has 2 heteroatoms. The Kier molecular flexibility index (Phi) is 9.10. The molecule has 0 radical (unpaired) electrons. The third-order valence-corrected chi connectivity index (χ3v) is 1.92. The third kappa shape index (κ3) is 7.34. The van der Waals surface area contributed by atoms with Crippen molar-refractivity contribution in [2.45, 2.75) is 27.7 Å². The first-order valence-electron chi connectivity index (χ1n) is 6.19. The molecule has 1 rings (SSSR count). The van der Waals surface area contributed by atoms with Gasteiger partial charge in [0.15, 0.2) is 0 Å². The molecule has 2 nitrogen and oxygen atoms in total. The molecule has 0 saturated heterocycles. The van der Waals surface area contributed by atoms with E-state index in [2.05, 4.69) is 16.8 Å². The van der Waals surface area contributed by atoms with Crippen molar-refractivity contribution in [2.24, 2.45) is 10.2 Å². The molecule has 0 heterocycles. The van der Waals surface area contributed by atoms with E-state index in [0.717, 1.165) is 5.69 Å². The van der Waals surface area contributed by atoms with Crippen LogP contribution < -0.4 is 0 Å². The van der Waals surface area contributed by atoms with E-state index in [9.17, 15) is 0 Å². The smallest absolute Gasteiger partial charge is 0.0857 e. The van der Waals surface area contributed by atoms with Gasteiger partial charge in [0.1, 0.15) is 0 Å². The SMILES string of the molecule is C=C(/C=C\C=C/C)N=Nc1ccc(C)cc1.CC. The van der Waals surface area contributed by atoms with Crippen LogP contribution in [-0.2, 0) is 0 Å². The van der Waals surface area contributed by atoms with Crippen molar-refractivity contribution >= 4 is 5.69 Å². The molecule has 0 aromatic heterocycles. The summed E-state index contributed by atoms with van der Waals surface area (Å²) in [5.41, 5.74) is 2.69. The van der Waals surface area contributed by atoms with Crippen molar-refractivity contribution in [3.05, 3.63) is 66.4 Å². The highest BCUT2D eigenvalue weighted by atomic mass is 15.1. The Bertz CT molecular complexity index is 423. The fourth-order valence-corrected chi connectivity index (χ4v) is 1.04. The summed E-state index contributed by atoms with van der Waals surface area (Å²) in [5, 5.41) is 8.08. The summed E-state index contributed by atoms with van der Waals surface area (Å²) in [6.45, 7) is 11.8. The number of hydrogen-bond donors (Lipinski definition) is 0. The molecule has 1 aromatic carbocycles. The number of aryl methyl sites for hydroxylation is 1. The van der Waals surface area contributed by atoms with Gasteiger partial charge in [-0.3, -0.25) is 0 Å².